The van der Waals surface area contributed by atoms with Crippen molar-refractivity contribution in [3.05, 3.63) is 35.9 Å². The predicted octanol–water partition coefficient (Wildman–Crippen LogP) is 5.63. The van der Waals surface area contributed by atoms with Gasteiger partial charge in [-0.15, -0.1) is 17.0 Å². The molecule has 0 heterocycles. The van der Waals surface area contributed by atoms with Gasteiger partial charge in [0, 0.05) is 6.54 Å². The van der Waals surface area contributed by atoms with Crippen molar-refractivity contribution in [3.63, 3.8) is 0 Å². The van der Waals surface area contributed by atoms with Gasteiger partial charge in [0.05, 0.1) is 0 Å². The summed E-state index contributed by atoms with van der Waals surface area (Å²) < 4.78 is 5.15. The van der Waals surface area contributed by atoms with Crippen molar-refractivity contribution in [2.75, 3.05) is 6.54 Å². The number of benzene rings is 1. The fourth-order valence-corrected chi connectivity index (χ4v) is 2.22. The number of halogens is 1. The molecule has 0 radical (unpaired) electrons. The van der Waals surface area contributed by atoms with E-state index in [1.54, 1.807) is 0 Å². The number of hydrogen-bond donors (Lipinski definition) is 1. The van der Waals surface area contributed by atoms with Crippen LogP contribution in [-0.2, 0) is 11.3 Å². The average Bonchev–Trinajstić information content (AvgIpc) is 2.52. The fraction of sp³-hybridized carbons (Fsp3) is 0.611. The van der Waals surface area contributed by atoms with E-state index in [0.29, 0.717) is 13.2 Å². The highest BCUT2D eigenvalue weighted by molar-refractivity contribution is 8.93. The molecule has 0 saturated carbocycles. The summed E-state index contributed by atoms with van der Waals surface area (Å²) in [7, 11) is 0. The zero-order chi connectivity index (χ0) is 15.2. The van der Waals surface area contributed by atoms with Crippen LogP contribution in [0.5, 0.6) is 0 Å². The van der Waals surface area contributed by atoms with Crippen molar-refractivity contribution in [2.24, 2.45) is 0 Å². The summed E-state index contributed by atoms with van der Waals surface area (Å²) in [5, 5.41) is 2.80. The van der Waals surface area contributed by atoms with E-state index >= 15 is 0 Å². The number of ether oxygens (including phenoxy) is 1. The zero-order valence-corrected chi connectivity index (χ0v) is 15.4. The van der Waals surface area contributed by atoms with E-state index in [9.17, 15) is 4.79 Å². The van der Waals surface area contributed by atoms with E-state index < -0.39 is 0 Å². The van der Waals surface area contributed by atoms with Crippen LogP contribution in [0.4, 0.5) is 4.79 Å². The van der Waals surface area contributed by atoms with Crippen LogP contribution >= 0.6 is 17.0 Å². The van der Waals surface area contributed by atoms with Gasteiger partial charge in [-0.25, -0.2) is 4.79 Å². The van der Waals surface area contributed by atoms with Crippen LogP contribution in [-0.4, -0.2) is 12.6 Å². The molecule has 22 heavy (non-hydrogen) atoms. The maximum Gasteiger partial charge on any atom is 0.407 e. The zero-order valence-electron chi connectivity index (χ0n) is 13.7. The Morgan fingerprint density at radius 1 is 0.955 bits per heavy atom. The van der Waals surface area contributed by atoms with Gasteiger partial charge < -0.3 is 10.1 Å². The minimum atomic E-state index is -0.318. The first-order valence-electron chi connectivity index (χ1n) is 8.27. The number of carbonyl (C=O) groups excluding carboxylic acids is 1. The van der Waals surface area contributed by atoms with Gasteiger partial charge in [-0.05, 0) is 12.0 Å². The second-order valence-corrected chi connectivity index (χ2v) is 5.46. The molecule has 1 rings (SSSR count). The summed E-state index contributed by atoms with van der Waals surface area (Å²) in [6.45, 7) is 3.29. The van der Waals surface area contributed by atoms with Gasteiger partial charge in [-0.2, -0.15) is 0 Å². The van der Waals surface area contributed by atoms with Crippen LogP contribution in [0.2, 0.25) is 0 Å². The van der Waals surface area contributed by atoms with E-state index in [2.05, 4.69) is 12.2 Å². The van der Waals surface area contributed by atoms with Crippen LogP contribution in [0.3, 0.4) is 0 Å². The number of unbranched alkanes of at least 4 members (excludes halogenated alkanes) is 7. The monoisotopic (exact) mass is 371 g/mol. The Bertz CT molecular complexity index is 371. The molecule has 1 aromatic carbocycles. The Balaban J connectivity index is 0.00000441. The Kier molecular flexibility index (Phi) is 14.2. The molecule has 0 aromatic heterocycles. The summed E-state index contributed by atoms with van der Waals surface area (Å²) >= 11 is 0. The van der Waals surface area contributed by atoms with Crippen molar-refractivity contribution in [1.82, 2.24) is 5.32 Å². The summed E-state index contributed by atoms with van der Waals surface area (Å²) in [6.07, 6.45) is 9.86. The third-order valence-electron chi connectivity index (χ3n) is 3.51. The first kappa shape index (κ1) is 21.0. The van der Waals surface area contributed by atoms with Crippen LogP contribution in [0.1, 0.15) is 63.9 Å². The van der Waals surface area contributed by atoms with Gasteiger partial charge in [-0.3, -0.25) is 0 Å². The quantitative estimate of drug-likeness (QED) is 0.511. The number of alkyl carbamates (subject to hydrolysis) is 1. The SMILES string of the molecule is Br.CCCCCCCCCCNC(=O)OCc1ccccc1. The molecular weight excluding hydrogens is 342 g/mol. The summed E-state index contributed by atoms with van der Waals surface area (Å²) in [5.74, 6) is 0. The maximum atomic E-state index is 11.5. The number of hydrogen-bond acceptors (Lipinski definition) is 2. The molecule has 1 N–H and O–H groups in total. The van der Waals surface area contributed by atoms with Crippen LogP contribution in [0, 0.1) is 0 Å². The second kappa shape index (κ2) is 14.9. The maximum absolute atomic E-state index is 11.5. The van der Waals surface area contributed by atoms with Gasteiger partial charge in [0.1, 0.15) is 6.61 Å². The Labute approximate surface area is 145 Å². The lowest BCUT2D eigenvalue weighted by Gasteiger charge is -2.07. The Morgan fingerprint density at radius 3 is 2.18 bits per heavy atom. The molecule has 3 nitrogen and oxygen atoms in total. The minimum absolute atomic E-state index is 0. The lowest BCUT2D eigenvalue weighted by atomic mass is 10.1. The first-order valence-corrected chi connectivity index (χ1v) is 8.27. The number of rotatable bonds is 11. The summed E-state index contributed by atoms with van der Waals surface area (Å²) in [6, 6.07) is 9.73. The van der Waals surface area contributed by atoms with Gasteiger partial charge in [-0.1, -0.05) is 82.2 Å². The highest BCUT2D eigenvalue weighted by atomic mass is 79.9. The highest BCUT2D eigenvalue weighted by Crippen LogP contribution is 2.08. The van der Waals surface area contributed by atoms with E-state index in [4.69, 9.17) is 4.74 Å². The fourth-order valence-electron chi connectivity index (χ4n) is 2.22. The molecule has 0 spiro atoms. The molecule has 0 fully saturated rings. The van der Waals surface area contributed by atoms with E-state index in [1.165, 1.54) is 44.9 Å². The molecule has 1 amide bonds. The summed E-state index contributed by atoms with van der Waals surface area (Å²) in [4.78, 5) is 11.5. The van der Waals surface area contributed by atoms with Crippen LogP contribution in [0.15, 0.2) is 30.3 Å². The molecule has 4 heteroatoms. The molecule has 0 aliphatic carbocycles. The topological polar surface area (TPSA) is 38.3 Å². The number of carbonyl (C=O) groups is 1. The van der Waals surface area contributed by atoms with Crippen molar-refractivity contribution in [1.29, 1.82) is 0 Å². The van der Waals surface area contributed by atoms with Crippen molar-refractivity contribution in [3.8, 4) is 0 Å². The molecule has 0 bridgehead atoms. The highest BCUT2D eigenvalue weighted by Gasteiger charge is 2.01. The van der Waals surface area contributed by atoms with Crippen molar-refractivity contribution >= 4 is 23.1 Å². The predicted molar refractivity (Wildman–Crippen MR) is 97.6 cm³/mol. The number of nitrogens with one attached hydrogen (secondary N) is 1. The van der Waals surface area contributed by atoms with Gasteiger partial charge in [0.15, 0.2) is 0 Å². The molecule has 0 saturated heterocycles. The molecule has 0 atom stereocenters. The van der Waals surface area contributed by atoms with Crippen molar-refractivity contribution < 1.29 is 9.53 Å². The number of amides is 1. The molecule has 0 aliphatic heterocycles. The third kappa shape index (κ3) is 11.6. The van der Waals surface area contributed by atoms with Gasteiger partial charge in [0.2, 0.25) is 0 Å². The van der Waals surface area contributed by atoms with Gasteiger partial charge >= 0.3 is 6.09 Å². The lowest BCUT2D eigenvalue weighted by molar-refractivity contribution is 0.139. The summed E-state index contributed by atoms with van der Waals surface area (Å²) in [5.41, 5.74) is 1.01. The standard InChI is InChI=1S/C18H29NO2.BrH/c1-2-3-4-5-6-7-8-12-15-19-18(20)21-16-17-13-10-9-11-14-17;/h9-11,13-14H,2-8,12,15-16H2,1H3,(H,19,20);1H. The molecular formula is C18H30BrNO2. The first-order chi connectivity index (χ1) is 10.3. The van der Waals surface area contributed by atoms with Crippen LogP contribution < -0.4 is 5.32 Å². The normalized spacial score (nSPS) is 9.86. The third-order valence-corrected chi connectivity index (χ3v) is 3.51. The second-order valence-electron chi connectivity index (χ2n) is 5.46. The lowest BCUT2D eigenvalue weighted by Crippen LogP contribution is -2.25. The average molecular weight is 372 g/mol. The van der Waals surface area contributed by atoms with Crippen molar-refractivity contribution in [2.45, 2.75) is 64.9 Å². The molecule has 126 valence electrons. The van der Waals surface area contributed by atoms with E-state index in [0.717, 1.165) is 12.0 Å². The minimum Gasteiger partial charge on any atom is -0.445 e. The van der Waals surface area contributed by atoms with Crippen LogP contribution in [0.25, 0.3) is 0 Å². The molecule has 1 aromatic rings. The van der Waals surface area contributed by atoms with E-state index in [-0.39, 0.29) is 23.1 Å². The Hall–Kier alpha value is -1.03. The van der Waals surface area contributed by atoms with Gasteiger partial charge in [0.25, 0.3) is 0 Å². The largest absolute Gasteiger partial charge is 0.445 e. The molecule has 0 aliphatic rings. The Morgan fingerprint density at radius 2 is 1.55 bits per heavy atom. The molecule has 0 unspecified atom stereocenters. The van der Waals surface area contributed by atoms with E-state index in [1.807, 2.05) is 30.3 Å². The smallest absolute Gasteiger partial charge is 0.407 e.